The summed E-state index contributed by atoms with van der Waals surface area (Å²) in [5.74, 6) is -4.72. The van der Waals surface area contributed by atoms with E-state index in [0.29, 0.717) is 29.2 Å². The number of hydrogen-bond acceptors (Lipinski definition) is 4. The van der Waals surface area contributed by atoms with Gasteiger partial charge in [-0.3, -0.25) is 10.1 Å². The Morgan fingerprint density at radius 3 is 2.35 bits per heavy atom. The van der Waals surface area contributed by atoms with Crippen LogP contribution in [0.5, 0.6) is 0 Å². The highest BCUT2D eigenvalue weighted by Gasteiger charge is 2.21. The number of nitrogens with one attached hydrogen (secondary N) is 1. The van der Waals surface area contributed by atoms with Gasteiger partial charge in [-0.15, -0.1) is 5.10 Å². The fourth-order valence-electron chi connectivity index (χ4n) is 2.28. The van der Waals surface area contributed by atoms with E-state index in [1.807, 2.05) is 6.07 Å². The van der Waals surface area contributed by atoms with Crippen LogP contribution in [0.25, 0.3) is 5.69 Å². The molecule has 0 spiro atoms. The molecule has 0 aliphatic carbocycles. The number of aromatic nitrogens is 3. The number of anilines is 1. The predicted molar refractivity (Wildman–Crippen MR) is 85.1 cm³/mol. The Kier molecular flexibility index (Phi) is 4.41. The zero-order chi connectivity index (χ0) is 18.8. The fraction of sp³-hybridized carbons (Fsp3) is 0.0588. The summed E-state index contributed by atoms with van der Waals surface area (Å²) in [6, 6.07) is 9.01. The quantitative estimate of drug-likeness (QED) is 0.781. The van der Waals surface area contributed by atoms with Crippen molar-refractivity contribution in [3.8, 4) is 11.8 Å². The molecule has 0 unspecified atom stereocenters. The first kappa shape index (κ1) is 17.2. The third-order valence-corrected chi connectivity index (χ3v) is 3.41. The van der Waals surface area contributed by atoms with Crippen molar-refractivity contribution in [2.75, 3.05) is 5.32 Å². The first-order valence-electron chi connectivity index (χ1n) is 7.29. The molecule has 130 valence electrons. The van der Waals surface area contributed by atoms with Crippen LogP contribution in [0.2, 0.25) is 0 Å². The van der Waals surface area contributed by atoms with Gasteiger partial charge in [0.1, 0.15) is 28.8 Å². The summed E-state index contributed by atoms with van der Waals surface area (Å²) in [6.07, 6.45) is 0. The maximum absolute atomic E-state index is 13.8. The van der Waals surface area contributed by atoms with Crippen molar-refractivity contribution in [2.24, 2.45) is 0 Å². The molecule has 0 atom stereocenters. The summed E-state index contributed by atoms with van der Waals surface area (Å²) in [4.78, 5) is 16.2. The molecule has 26 heavy (non-hydrogen) atoms. The second kappa shape index (κ2) is 6.68. The van der Waals surface area contributed by atoms with Crippen molar-refractivity contribution in [1.29, 1.82) is 5.26 Å². The van der Waals surface area contributed by atoms with Gasteiger partial charge >= 0.3 is 0 Å². The van der Waals surface area contributed by atoms with Gasteiger partial charge in [0.15, 0.2) is 0 Å². The third-order valence-electron chi connectivity index (χ3n) is 3.41. The Morgan fingerprint density at radius 1 is 1.15 bits per heavy atom. The molecule has 0 aliphatic heterocycles. The fourth-order valence-corrected chi connectivity index (χ4v) is 2.28. The van der Waals surface area contributed by atoms with Gasteiger partial charge in [-0.2, -0.15) is 14.9 Å². The lowest BCUT2D eigenvalue weighted by atomic mass is 10.2. The number of halogens is 3. The van der Waals surface area contributed by atoms with Gasteiger partial charge in [0.05, 0.1) is 17.3 Å². The van der Waals surface area contributed by atoms with E-state index in [2.05, 4.69) is 15.4 Å². The minimum atomic E-state index is -1.33. The van der Waals surface area contributed by atoms with Crippen LogP contribution in [0.3, 0.4) is 0 Å². The Labute approximate surface area is 145 Å². The van der Waals surface area contributed by atoms with Crippen molar-refractivity contribution >= 4 is 11.9 Å². The monoisotopic (exact) mass is 357 g/mol. The third kappa shape index (κ3) is 3.25. The highest BCUT2D eigenvalue weighted by molar-refractivity contribution is 6.03. The van der Waals surface area contributed by atoms with Crippen LogP contribution in [0, 0.1) is 35.7 Å². The van der Waals surface area contributed by atoms with E-state index in [9.17, 15) is 18.0 Å². The number of aryl methyl sites for hydroxylation is 1. The average Bonchev–Trinajstić information content (AvgIpc) is 2.94. The molecular weight excluding hydrogens is 347 g/mol. The largest absolute Gasteiger partial charge is 0.290 e. The number of hydrogen-bond donors (Lipinski definition) is 1. The molecule has 0 aliphatic rings. The normalized spacial score (nSPS) is 10.4. The van der Waals surface area contributed by atoms with Crippen LogP contribution in [-0.4, -0.2) is 20.7 Å². The summed E-state index contributed by atoms with van der Waals surface area (Å²) in [7, 11) is 0. The molecular formula is C17H10F3N5O. The van der Waals surface area contributed by atoms with Gasteiger partial charge in [0, 0.05) is 12.1 Å². The molecule has 6 nitrogen and oxygen atoms in total. The Bertz CT molecular complexity index is 1010. The first-order valence-corrected chi connectivity index (χ1v) is 7.29. The van der Waals surface area contributed by atoms with E-state index in [-0.39, 0.29) is 5.95 Å². The molecule has 2 aromatic carbocycles. The second-order valence-corrected chi connectivity index (χ2v) is 5.25. The lowest BCUT2D eigenvalue weighted by molar-refractivity contribution is 0.101. The van der Waals surface area contributed by atoms with Crippen LogP contribution in [0.15, 0.2) is 36.4 Å². The summed E-state index contributed by atoms with van der Waals surface area (Å²) in [5, 5.41) is 15.2. The molecule has 9 heteroatoms. The van der Waals surface area contributed by atoms with Crippen molar-refractivity contribution in [2.45, 2.75) is 6.92 Å². The molecule has 0 radical (unpaired) electrons. The summed E-state index contributed by atoms with van der Waals surface area (Å²) in [6.45, 7) is 1.56. The summed E-state index contributed by atoms with van der Waals surface area (Å²) >= 11 is 0. The first-order chi connectivity index (χ1) is 12.4. The number of carbonyl (C=O) groups excluding carboxylic acids is 1. The highest BCUT2D eigenvalue weighted by atomic mass is 19.1. The average molecular weight is 357 g/mol. The number of rotatable bonds is 3. The number of amides is 1. The Balaban J connectivity index is 1.96. The van der Waals surface area contributed by atoms with Crippen LogP contribution in [0.4, 0.5) is 19.1 Å². The van der Waals surface area contributed by atoms with Gasteiger partial charge in [-0.25, -0.2) is 13.2 Å². The number of nitriles is 1. The minimum absolute atomic E-state index is 0.0830. The molecule has 1 heterocycles. The van der Waals surface area contributed by atoms with Crippen molar-refractivity contribution in [3.63, 3.8) is 0 Å². The topological polar surface area (TPSA) is 83.6 Å². The zero-order valence-corrected chi connectivity index (χ0v) is 13.3. The zero-order valence-electron chi connectivity index (χ0n) is 13.3. The Hall–Kier alpha value is -3.67. The molecule has 0 saturated heterocycles. The maximum atomic E-state index is 13.8. The lowest BCUT2D eigenvalue weighted by Crippen LogP contribution is -2.19. The lowest BCUT2D eigenvalue weighted by Gasteiger charge is -2.08. The Morgan fingerprint density at radius 2 is 1.77 bits per heavy atom. The standard InChI is InChI=1S/C17H10F3N5O/c1-9-22-17(25(24-9)12-4-2-10(8-21)3-5-12)23-16(26)15-13(19)6-11(18)7-14(15)20/h2-7H,1H3,(H,22,23,24,26). The van der Waals surface area contributed by atoms with Crippen molar-refractivity contribution in [1.82, 2.24) is 14.8 Å². The molecule has 1 aromatic heterocycles. The van der Waals surface area contributed by atoms with E-state index in [1.54, 1.807) is 19.1 Å². The van der Waals surface area contributed by atoms with E-state index < -0.39 is 28.9 Å². The summed E-state index contributed by atoms with van der Waals surface area (Å²) < 4.78 is 41.8. The van der Waals surface area contributed by atoms with Gasteiger partial charge < -0.3 is 0 Å². The SMILES string of the molecule is Cc1nc(NC(=O)c2c(F)cc(F)cc2F)n(-c2ccc(C#N)cc2)n1. The highest BCUT2D eigenvalue weighted by Crippen LogP contribution is 2.19. The molecule has 3 aromatic rings. The number of carbonyl (C=O) groups is 1. The van der Waals surface area contributed by atoms with Crippen molar-refractivity contribution < 1.29 is 18.0 Å². The molecule has 0 saturated carbocycles. The van der Waals surface area contributed by atoms with E-state index >= 15 is 0 Å². The number of benzene rings is 2. The smallest absolute Gasteiger partial charge is 0.263 e. The molecule has 1 N–H and O–H groups in total. The molecule has 0 fully saturated rings. The van der Waals surface area contributed by atoms with Crippen LogP contribution < -0.4 is 5.32 Å². The minimum Gasteiger partial charge on any atom is -0.290 e. The van der Waals surface area contributed by atoms with Crippen LogP contribution >= 0.6 is 0 Å². The van der Waals surface area contributed by atoms with E-state index in [1.165, 1.54) is 16.8 Å². The predicted octanol–water partition coefficient (Wildman–Crippen LogP) is 3.12. The van der Waals surface area contributed by atoms with E-state index in [4.69, 9.17) is 5.26 Å². The van der Waals surface area contributed by atoms with Gasteiger partial charge in [0.2, 0.25) is 5.95 Å². The second-order valence-electron chi connectivity index (χ2n) is 5.25. The summed E-state index contributed by atoms with van der Waals surface area (Å²) in [5.41, 5.74) is -0.0370. The van der Waals surface area contributed by atoms with Gasteiger partial charge in [-0.1, -0.05) is 0 Å². The van der Waals surface area contributed by atoms with E-state index in [0.717, 1.165) is 0 Å². The van der Waals surface area contributed by atoms with Crippen molar-refractivity contribution in [3.05, 3.63) is 70.8 Å². The van der Waals surface area contributed by atoms with Crippen LogP contribution in [0.1, 0.15) is 21.7 Å². The number of nitrogens with zero attached hydrogens (tertiary/aromatic N) is 4. The molecule has 0 bridgehead atoms. The van der Waals surface area contributed by atoms with Gasteiger partial charge in [0.25, 0.3) is 5.91 Å². The maximum Gasteiger partial charge on any atom is 0.263 e. The van der Waals surface area contributed by atoms with Gasteiger partial charge in [-0.05, 0) is 31.2 Å². The van der Waals surface area contributed by atoms with Crippen LogP contribution in [-0.2, 0) is 0 Å². The molecule has 1 amide bonds. The molecule has 3 rings (SSSR count).